The van der Waals surface area contributed by atoms with Gasteiger partial charge in [0, 0.05) is 13.6 Å². The Morgan fingerprint density at radius 2 is 2.47 bits per heavy atom. The molecule has 0 saturated carbocycles. The molecule has 8 heteroatoms. The molecule has 1 heterocycles. The van der Waals surface area contributed by atoms with Crippen molar-refractivity contribution in [2.24, 2.45) is 7.05 Å². The molecule has 8 nitrogen and oxygen atoms in total. The molecular weight excluding hydrogens is 204 g/mol. The molecular formula is C7H12N4O4. The number of imidazole rings is 1. The Balaban J connectivity index is 2.75. The van der Waals surface area contributed by atoms with Crippen molar-refractivity contribution < 1.29 is 15.1 Å². The molecule has 15 heavy (non-hydrogen) atoms. The summed E-state index contributed by atoms with van der Waals surface area (Å²) in [7, 11) is 1.59. The van der Waals surface area contributed by atoms with Crippen LogP contribution in [-0.4, -0.2) is 43.9 Å². The highest BCUT2D eigenvalue weighted by molar-refractivity contribution is 5.51. The third-order valence-electron chi connectivity index (χ3n) is 1.81. The zero-order valence-electron chi connectivity index (χ0n) is 8.12. The maximum atomic E-state index is 10.5. The smallest absolute Gasteiger partial charge is 0.394 e. The zero-order chi connectivity index (χ0) is 11.4. The first kappa shape index (κ1) is 11.4. The Kier molecular flexibility index (Phi) is 3.58. The predicted molar refractivity (Wildman–Crippen MR) is 51.4 cm³/mol. The summed E-state index contributed by atoms with van der Waals surface area (Å²) in [6, 6.07) is 0. The molecule has 1 unspecified atom stereocenters. The highest BCUT2D eigenvalue weighted by atomic mass is 16.6. The molecule has 0 radical (unpaired) electrons. The number of aryl methyl sites for hydroxylation is 1. The number of rotatable bonds is 5. The summed E-state index contributed by atoms with van der Waals surface area (Å²) in [6.07, 6.45) is 0.339. The van der Waals surface area contributed by atoms with Crippen LogP contribution in [0, 0.1) is 10.1 Å². The van der Waals surface area contributed by atoms with Gasteiger partial charge in [-0.2, -0.15) is 0 Å². The largest absolute Gasteiger partial charge is 0.406 e. The Morgan fingerprint density at radius 3 is 3.00 bits per heavy atom. The van der Waals surface area contributed by atoms with Crippen LogP contribution in [0.4, 0.5) is 11.6 Å². The summed E-state index contributed by atoms with van der Waals surface area (Å²) in [4.78, 5) is 13.5. The SMILES string of the molecule is Cn1cnc([N+](=O)[O-])c1NCC(O)CO. The van der Waals surface area contributed by atoms with Crippen LogP contribution >= 0.6 is 0 Å². The minimum Gasteiger partial charge on any atom is -0.394 e. The first-order chi connectivity index (χ1) is 7.06. The van der Waals surface area contributed by atoms with E-state index in [1.54, 1.807) is 7.05 Å². The maximum Gasteiger partial charge on any atom is 0.406 e. The summed E-state index contributed by atoms with van der Waals surface area (Å²) in [5.74, 6) is -0.102. The molecule has 0 spiro atoms. The van der Waals surface area contributed by atoms with Gasteiger partial charge in [-0.1, -0.05) is 0 Å². The quantitative estimate of drug-likeness (QED) is 0.434. The molecule has 1 aromatic rings. The van der Waals surface area contributed by atoms with Crippen LogP contribution in [-0.2, 0) is 7.05 Å². The first-order valence-corrected chi connectivity index (χ1v) is 4.24. The highest BCUT2D eigenvalue weighted by Crippen LogP contribution is 2.20. The molecule has 0 aliphatic carbocycles. The van der Waals surface area contributed by atoms with E-state index in [4.69, 9.17) is 10.2 Å². The number of nitrogens with one attached hydrogen (secondary N) is 1. The average Bonchev–Trinajstić information content (AvgIpc) is 2.56. The van der Waals surface area contributed by atoms with E-state index in [0.29, 0.717) is 0 Å². The topological polar surface area (TPSA) is 113 Å². The lowest BCUT2D eigenvalue weighted by Crippen LogP contribution is -2.24. The van der Waals surface area contributed by atoms with Crippen molar-refractivity contribution in [2.75, 3.05) is 18.5 Å². The van der Waals surface area contributed by atoms with Gasteiger partial charge in [-0.15, -0.1) is 0 Å². The van der Waals surface area contributed by atoms with Crippen molar-refractivity contribution in [3.63, 3.8) is 0 Å². The normalized spacial score (nSPS) is 12.5. The summed E-state index contributed by atoms with van der Waals surface area (Å²) >= 11 is 0. The Bertz CT molecular complexity index is 351. The Hall–Kier alpha value is -1.67. The molecule has 0 bridgehead atoms. The maximum absolute atomic E-state index is 10.5. The van der Waals surface area contributed by atoms with E-state index in [0.717, 1.165) is 0 Å². The molecule has 0 amide bonds. The number of nitrogens with zero attached hydrogens (tertiary/aromatic N) is 3. The van der Waals surface area contributed by atoms with Crippen LogP contribution in [0.3, 0.4) is 0 Å². The van der Waals surface area contributed by atoms with Crippen LogP contribution in [0.1, 0.15) is 0 Å². The Morgan fingerprint density at radius 1 is 1.80 bits per heavy atom. The van der Waals surface area contributed by atoms with Crippen LogP contribution < -0.4 is 5.32 Å². The van der Waals surface area contributed by atoms with Crippen molar-refractivity contribution in [3.05, 3.63) is 16.4 Å². The number of anilines is 1. The lowest BCUT2D eigenvalue weighted by Gasteiger charge is -2.09. The van der Waals surface area contributed by atoms with Gasteiger partial charge in [0.1, 0.15) is 0 Å². The molecule has 1 rings (SSSR count). The monoisotopic (exact) mass is 216 g/mol. The lowest BCUT2D eigenvalue weighted by atomic mass is 10.4. The van der Waals surface area contributed by atoms with Gasteiger partial charge in [0.15, 0.2) is 0 Å². The molecule has 1 aromatic heterocycles. The average molecular weight is 216 g/mol. The molecule has 0 aliphatic heterocycles. The van der Waals surface area contributed by atoms with Gasteiger partial charge in [-0.25, -0.2) is 0 Å². The molecule has 0 fully saturated rings. The van der Waals surface area contributed by atoms with Crippen molar-refractivity contribution in [2.45, 2.75) is 6.10 Å². The third kappa shape index (κ3) is 2.64. The second-order valence-corrected chi connectivity index (χ2v) is 3.00. The van der Waals surface area contributed by atoms with Gasteiger partial charge < -0.3 is 25.6 Å². The van der Waals surface area contributed by atoms with E-state index in [1.807, 2.05) is 0 Å². The second kappa shape index (κ2) is 4.71. The van der Waals surface area contributed by atoms with Gasteiger partial charge in [-0.05, 0) is 9.91 Å². The number of aliphatic hydroxyl groups is 2. The van der Waals surface area contributed by atoms with Gasteiger partial charge in [0.05, 0.1) is 12.7 Å². The molecule has 1 atom stereocenters. The van der Waals surface area contributed by atoms with E-state index in [-0.39, 0.29) is 18.2 Å². The lowest BCUT2D eigenvalue weighted by molar-refractivity contribution is -0.388. The summed E-state index contributed by atoms with van der Waals surface area (Å²) in [5, 5.41) is 30.8. The van der Waals surface area contributed by atoms with Crippen molar-refractivity contribution in [1.29, 1.82) is 0 Å². The summed E-state index contributed by atoms with van der Waals surface area (Å²) in [5.41, 5.74) is 0. The molecule has 0 aromatic carbocycles. The van der Waals surface area contributed by atoms with Crippen LogP contribution in [0.5, 0.6) is 0 Å². The van der Waals surface area contributed by atoms with E-state index in [1.165, 1.54) is 10.9 Å². The van der Waals surface area contributed by atoms with Crippen LogP contribution in [0.25, 0.3) is 0 Å². The number of aliphatic hydroxyl groups excluding tert-OH is 2. The fraction of sp³-hybridized carbons (Fsp3) is 0.571. The van der Waals surface area contributed by atoms with Crippen LogP contribution in [0.2, 0.25) is 0 Å². The van der Waals surface area contributed by atoms with Gasteiger partial charge >= 0.3 is 5.82 Å². The first-order valence-electron chi connectivity index (χ1n) is 4.24. The zero-order valence-corrected chi connectivity index (χ0v) is 8.12. The molecule has 84 valence electrons. The number of nitro groups is 1. The number of aromatic nitrogens is 2. The predicted octanol–water partition coefficient (Wildman–Crippen LogP) is -0.907. The molecule has 0 aliphatic rings. The Labute approximate surface area is 85.3 Å². The molecule has 0 saturated heterocycles. The van der Waals surface area contributed by atoms with E-state index in [2.05, 4.69) is 10.3 Å². The van der Waals surface area contributed by atoms with E-state index >= 15 is 0 Å². The highest BCUT2D eigenvalue weighted by Gasteiger charge is 2.20. The van der Waals surface area contributed by atoms with Crippen molar-refractivity contribution >= 4 is 11.6 Å². The number of hydrogen-bond acceptors (Lipinski definition) is 6. The van der Waals surface area contributed by atoms with E-state index in [9.17, 15) is 10.1 Å². The fourth-order valence-corrected chi connectivity index (χ4v) is 1.03. The van der Waals surface area contributed by atoms with Crippen molar-refractivity contribution in [3.8, 4) is 0 Å². The van der Waals surface area contributed by atoms with Gasteiger partial charge in [0.2, 0.25) is 12.1 Å². The summed E-state index contributed by atoms with van der Waals surface area (Å²) in [6.45, 7) is -0.379. The minimum absolute atomic E-state index is 0.0247. The van der Waals surface area contributed by atoms with Crippen LogP contribution in [0.15, 0.2) is 6.33 Å². The van der Waals surface area contributed by atoms with Gasteiger partial charge in [-0.3, -0.25) is 4.57 Å². The van der Waals surface area contributed by atoms with Crippen molar-refractivity contribution in [1.82, 2.24) is 9.55 Å². The number of hydrogen-bond donors (Lipinski definition) is 3. The second-order valence-electron chi connectivity index (χ2n) is 3.00. The van der Waals surface area contributed by atoms with E-state index < -0.39 is 17.6 Å². The third-order valence-corrected chi connectivity index (χ3v) is 1.81. The molecule has 3 N–H and O–H groups in total. The summed E-state index contributed by atoms with van der Waals surface area (Å²) < 4.78 is 1.43. The minimum atomic E-state index is -0.959. The van der Waals surface area contributed by atoms with Gasteiger partial charge in [0.25, 0.3) is 0 Å². The standard InChI is InChI=1S/C7H12N4O4/c1-10-4-9-7(11(14)15)6(10)8-2-5(13)3-12/h4-5,8,12-13H,2-3H2,1H3. The fourth-order valence-electron chi connectivity index (χ4n) is 1.03.